The predicted molar refractivity (Wildman–Crippen MR) is 88.0 cm³/mol. The molecule has 1 aliphatic heterocycles. The van der Waals surface area contributed by atoms with Crippen LogP contribution in [0.3, 0.4) is 0 Å². The van der Waals surface area contributed by atoms with Gasteiger partial charge >= 0.3 is 0 Å². The van der Waals surface area contributed by atoms with Crippen molar-refractivity contribution in [2.75, 3.05) is 26.2 Å². The van der Waals surface area contributed by atoms with Crippen LogP contribution < -0.4 is 0 Å². The summed E-state index contributed by atoms with van der Waals surface area (Å²) >= 11 is 0. The van der Waals surface area contributed by atoms with Gasteiger partial charge in [-0.25, -0.2) is 0 Å². The van der Waals surface area contributed by atoms with Crippen molar-refractivity contribution in [2.45, 2.75) is 20.4 Å². The third kappa shape index (κ3) is 3.82. The summed E-state index contributed by atoms with van der Waals surface area (Å²) in [7, 11) is 0. The Bertz CT molecular complexity index is 796. The Morgan fingerprint density at radius 3 is 2.60 bits per heavy atom. The number of nitro groups is 1. The third-order valence-corrected chi connectivity index (χ3v) is 4.26. The number of piperazine rings is 1. The van der Waals surface area contributed by atoms with E-state index in [1.54, 1.807) is 24.8 Å². The Labute approximate surface area is 144 Å². The minimum atomic E-state index is -0.485. The van der Waals surface area contributed by atoms with Gasteiger partial charge in [-0.05, 0) is 12.5 Å². The first kappa shape index (κ1) is 17.0. The lowest BCUT2D eigenvalue weighted by atomic mass is 10.1. The Hall–Kier alpha value is -2.81. The summed E-state index contributed by atoms with van der Waals surface area (Å²) in [6.07, 6.45) is 0. The summed E-state index contributed by atoms with van der Waals surface area (Å²) in [5, 5.41) is 14.8. The van der Waals surface area contributed by atoms with Gasteiger partial charge in [0, 0.05) is 50.8 Å². The minimum Gasteiger partial charge on any atom is -0.340 e. The number of rotatable bonds is 4. The van der Waals surface area contributed by atoms with Gasteiger partial charge in [0.15, 0.2) is 5.82 Å². The molecule has 0 aliphatic carbocycles. The van der Waals surface area contributed by atoms with Gasteiger partial charge in [0.2, 0.25) is 5.89 Å². The SMILES string of the molecule is Cc1nc(CN2CCN(C(=O)c3cc([N+](=O)[O-])ccc3C)CC2)no1. The van der Waals surface area contributed by atoms with Crippen molar-refractivity contribution in [1.29, 1.82) is 0 Å². The van der Waals surface area contributed by atoms with Crippen LogP contribution in [-0.2, 0) is 6.54 Å². The van der Waals surface area contributed by atoms with E-state index in [2.05, 4.69) is 15.0 Å². The van der Waals surface area contributed by atoms with Crippen molar-refractivity contribution in [3.05, 3.63) is 51.2 Å². The predicted octanol–water partition coefficient (Wildman–Crippen LogP) is 1.55. The highest BCUT2D eigenvalue weighted by Crippen LogP contribution is 2.20. The van der Waals surface area contributed by atoms with E-state index in [0.717, 1.165) is 5.56 Å². The molecule has 1 fully saturated rings. The second-order valence-electron chi connectivity index (χ2n) is 6.05. The molecule has 1 aliphatic rings. The highest BCUT2D eigenvalue weighted by atomic mass is 16.6. The molecule has 0 N–H and O–H groups in total. The van der Waals surface area contributed by atoms with Crippen molar-refractivity contribution in [2.24, 2.45) is 0 Å². The van der Waals surface area contributed by atoms with Crippen LogP contribution in [0.4, 0.5) is 5.69 Å². The fourth-order valence-corrected chi connectivity index (χ4v) is 2.84. The fourth-order valence-electron chi connectivity index (χ4n) is 2.84. The van der Waals surface area contributed by atoms with Crippen molar-refractivity contribution in [3.8, 4) is 0 Å². The molecule has 9 heteroatoms. The summed E-state index contributed by atoms with van der Waals surface area (Å²) in [5.41, 5.74) is 1.05. The minimum absolute atomic E-state index is 0.0694. The van der Waals surface area contributed by atoms with Gasteiger partial charge in [0.05, 0.1) is 11.5 Å². The van der Waals surface area contributed by atoms with Gasteiger partial charge in [-0.15, -0.1) is 0 Å². The smallest absolute Gasteiger partial charge is 0.270 e. The molecule has 132 valence electrons. The molecule has 0 unspecified atom stereocenters. The number of nitrogens with zero attached hydrogens (tertiary/aromatic N) is 5. The van der Waals surface area contributed by atoms with E-state index in [-0.39, 0.29) is 11.6 Å². The molecule has 0 saturated carbocycles. The van der Waals surface area contributed by atoms with Gasteiger partial charge in [-0.1, -0.05) is 11.2 Å². The van der Waals surface area contributed by atoms with Crippen molar-refractivity contribution >= 4 is 11.6 Å². The number of amides is 1. The van der Waals surface area contributed by atoms with Crippen LogP contribution in [0.25, 0.3) is 0 Å². The van der Waals surface area contributed by atoms with Crippen LogP contribution in [0, 0.1) is 24.0 Å². The molecule has 9 nitrogen and oxygen atoms in total. The molecular formula is C16H19N5O4. The topological polar surface area (TPSA) is 106 Å². The molecule has 2 aromatic rings. The maximum absolute atomic E-state index is 12.7. The largest absolute Gasteiger partial charge is 0.340 e. The van der Waals surface area contributed by atoms with Gasteiger partial charge in [-0.2, -0.15) is 4.98 Å². The van der Waals surface area contributed by atoms with E-state index in [4.69, 9.17) is 4.52 Å². The van der Waals surface area contributed by atoms with Gasteiger partial charge < -0.3 is 9.42 Å². The van der Waals surface area contributed by atoms with E-state index >= 15 is 0 Å². The third-order valence-electron chi connectivity index (χ3n) is 4.26. The summed E-state index contributed by atoms with van der Waals surface area (Å²) in [4.78, 5) is 31.2. The van der Waals surface area contributed by atoms with Gasteiger partial charge in [-0.3, -0.25) is 19.8 Å². The van der Waals surface area contributed by atoms with Crippen molar-refractivity contribution in [3.63, 3.8) is 0 Å². The van der Waals surface area contributed by atoms with Gasteiger partial charge in [0.1, 0.15) is 0 Å². The highest BCUT2D eigenvalue weighted by Gasteiger charge is 2.25. The number of carbonyl (C=O) groups is 1. The molecule has 0 atom stereocenters. The van der Waals surface area contributed by atoms with Gasteiger partial charge in [0.25, 0.3) is 11.6 Å². The van der Waals surface area contributed by atoms with Crippen LogP contribution in [0.5, 0.6) is 0 Å². The lowest BCUT2D eigenvalue weighted by Crippen LogP contribution is -2.48. The first-order valence-electron chi connectivity index (χ1n) is 8.00. The molecule has 2 heterocycles. The number of carbonyl (C=O) groups excluding carboxylic acids is 1. The summed E-state index contributed by atoms with van der Waals surface area (Å²) < 4.78 is 4.96. The number of benzene rings is 1. The van der Waals surface area contributed by atoms with E-state index in [1.165, 1.54) is 12.1 Å². The standard InChI is InChI=1S/C16H19N5O4/c1-11-3-4-13(21(23)24)9-14(11)16(22)20-7-5-19(6-8-20)10-15-17-12(2)25-18-15/h3-4,9H,5-8,10H2,1-2H3. The van der Waals surface area contributed by atoms with Crippen LogP contribution >= 0.6 is 0 Å². The molecule has 0 bridgehead atoms. The quantitative estimate of drug-likeness (QED) is 0.611. The number of hydrogen-bond donors (Lipinski definition) is 0. The first-order chi connectivity index (χ1) is 11.9. The molecular weight excluding hydrogens is 326 g/mol. The summed E-state index contributed by atoms with van der Waals surface area (Å²) in [6.45, 7) is 6.59. The van der Waals surface area contributed by atoms with E-state index in [0.29, 0.717) is 50.0 Å². The monoisotopic (exact) mass is 345 g/mol. The number of hydrogen-bond acceptors (Lipinski definition) is 7. The Morgan fingerprint density at radius 1 is 1.28 bits per heavy atom. The average molecular weight is 345 g/mol. The van der Waals surface area contributed by atoms with Crippen molar-refractivity contribution < 1.29 is 14.2 Å². The van der Waals surface area contributed by atoms with Crippen LogP contribution in [0.1, 0.15) is 27.6 Å². The number of nitro benzene ring substituents is 1. The second-order valence-corrected chi connectivity index (χ2v) is 6.05. The lowest BCUT2D eigenvalue weighted by molar-refractivity contribution is -0.384. The average Bonchev–Trinajstić information content (AvgIpc) is 3.00. The molecule has 3 rings (SSSR count). The number of aromatic nitrogens is 2. The Morgan fingerprint density at radius 2 is 2.00 bits per heavy atom. The van der Waals surface area contributed by atoms with Crippen LogP contribution in [0.2, 0.25) is 0 Å². The molecule has 25 heavy (non-hydrogen) atoms. The van der Waals surface area contributed by atoms with E-state index in [1.807, 2.05) is 0 Å². The number of non-ortho nitro benzene ring substituents is 1. The summed E-state index contributed by atoms with van der Waals surface area (Å²) in [5.74, 6) is 0.994. The molecule has 1 saturated heterocycles. The van der Waals surface area contributed by atoms with Crippen LogP contribution in [0.15, 0.2) is 22.7 Å². The van der Waals surface area contributed by atoms with E-state index in [9.17, 15) is 14.9 Å². The molecule has 0 spiro atoms. The lowest BCUT2D eigenvalue weighted by Gasteiger charge is -2.34. The van der Waals surface area contributed by atoms with E-state index < -0.39 is 4.92 Å². The second kappa shape index (κ2) is 6.98. The maximum Gasteiger partial charge on any atom is 0.270 e. The highest BCUT2D eigenvalue weighted by molar-refractivity contribution is 5.96. The molecule has 1 aromatic heterocycles. The Balaban J connectivity index is 1.63. The zero-order valence-corrected chi connectivity index (χ0v) is 14.1. The molecule has 1 amide bonds. The van der Waals surface area contributed by atoms with Crippen LogP contribution in [-0.4, -0.2) is 56.9 Å². The fraction of sp³-hybridized carbons (Fsp3) is 0.438. The Kier molecular flexibility index (Phi) is 4.75. The zero-order chi connectivity index (χ0) is 18.0. The summed E-state index contributed by atoms with van der Waals surface area (Å²) in [6, 6.07) is 4.38. The molecule has 1 aromatic carbocycles. The molecule has 0 radical (unpaired) electrons. The maximum atomic E-state index is 12.7. The first-order valence-corrected chi connectivity index (χ1v) is 8.00. The zero-order valence-electron chi connectivity index (χ0n) is 14.1. The van der Waals surface area contributed by atoms with Crippen molar-refractivity contribution in [1.82, 2.24) is 19.9 Å². The normalized spacial score (nSPS) is 15.4. The number of aryl methyl sites for hydroxylation is 2.